The maximum Gasteiger partial charge on any atom is 0.337 e. The minimum Gasteiger partial charge on any atom is -0.466 e. The molecule has 1 aromatic rings. The van der Waals surface area contributed by atoms with Crippen molar-refractivity contribution in [2.24, 2.45) is 5.92 Å². The van der Waals surface area contributed by atoms with Gasteiger partial charge in [0.05, 0.1) is 36.4 Å². The molecule has 0 saturated carbocycles. The topological polar surface area (TPSA) is 116 Å². The van der Waals surface area contributed by atoms with E-state index in [1.165, 1.54) is 24.3 Å². The number of hydrogen-bond acceptors (Lipinski definition) is 8. The molecule has 0 spiro atoms. The van der Waals surface area contributed by atoms with Crippen LogP contribution < -0.4 is 10.2 Å². The molecule has 0 atom stereocenters. The number of piperidine rings is 1. The molecular weight excluding hydrogens is 422 g/mol. The van der Waals surface area contributed by atoms with Gasteiger partial charge in [0.1, 0.15) is 5.70 Å². The van der Waals surface area contributed by atoms with E-state index in [0.717, 1.165) is 25.9 Å². The largest absolute Gasteiger partial charge is 0.466 e. The van der Waals surface area contributed by atoms with Crippen LogP contribution in [-0.2, 0) is 24.2 Å². The van der Waals surface area contributed by atoms with Crippen molar-refractivity contribution >= 4 is 33.1 Å². The Bertz CT molecular complexity index is 996. The Kier molecular flexibility index (Phi) is 6.90. The second-order valence-electron chi connectivity index (χ2n) is 8.04. The molecule has 2 N–H and O–H groups in total. The molecule has 2 aliphatic rings. The van der Waals surface area contributed by atoms with Crippen LogP contribution in [0.4, 0.5) is 11.4 Å². The fraction of sp³-hybridized carbons (Fsp3) is 0.524. The summed E-state index contributed by atoms with van der Waals surface area (Å²) < 4.78 is 29.5. The Balaban J connectivity index is 1.98. The molecule has 0 bridgehead atoms. The monoisotopic (exact) mass is 451 g/mol. The summed E-state index contributed by atoms with van der Waals surface area (Å²) >= 11 is 0. The molecule has 170 valence electrons. The molecule has 3 rings (SSSR count). The van der Waals surface area contributed by atoms with Crippen LogP contribution in [0.3, 0.4) is 0 Å². The molecule has 1 saturated heterocycles. The molecule has 0 unspecified atom stereocenters. The number of aliphatic hydroxyl groups excluding tert-OH is 1. The molecule has 0 aromatic heterocycles. The van der Waals surface area contributed by atoms with Crippen molar-refractivity contribution < 1.29 is 27.9 Å². The molecule has 1 aromatic carbocycles. The zero-order chi connectivity index (χ0) is 22.8. The van der Waals surface area contributed by atoms with Gasteiger partial charge in [-0.25, -0.2) is 13.2 Å². The summed E-state index contributed by atoms with van der Waals surface area (Å²) in [6, 6.07) is 4.81. The van der Waals surface area contributed by atoms with Crippen molar-refractivity contribution in [2.75, 3.05) is 56.4 Å². The molecule has 1 fully saturated rings. The average molecular weight is 452 g/mol. The predicted octanol–water partition coefficient (Wildman–Crippen LogP) is 1.000. The highest BCUT2D eigenvalue weighted by Gasteiger charge is 2.34. The summed E-state index contributed by atoms with van der Waals surface area (Å²) in [6.45, 7) is 3.56. The number of ether oxygens (including phenoxy) is 1. The van der Waals surface area contributed by atoms with E-state index in [-0.39, 0.29) is 35.9 Å². The second kappa shape index (κ2) is 9.27. The van der Waals surface area contributed by atoms with Crippen LogP contribution in [0.15, 0.2) is 34.4 Å². The van der Waals surface area contributed by atoms with E-state index in [9.17, 15) is 23.1 Å². The van der Waals surface area contributed by atoms with Gasteiger partial charge in [-0.05, 0) is 37.0 Å². The van der Waals surface area contributed by atoms with Gasteiger partial charge in [0.15, 0.2) is 9.84 Å². The van der Waals surface area contributed by atoms with E-state index < -0.39 is 21.7 Å². The summed E-state index contributed by atoms with van der Waals surface area (Å²) in [7, 11) is -2.22. The number of β-amino-alcohol motifs (C(OH)–C–C–N with tert-alkyl or cyclic N) is 1. The van der Waals surface area contributed by atoms with E-state index >= 15 is 0 Å². The van der Waals surface area contributed by atoms with Gasteiger partial charge >= 0.3 is 5.97 Å². The third-order valence-corrected chi connectivity index (χ3v) is 6.85. The van der Waals surface area contributed by atoms with Gasteiger partial charge < -0.3 is 25.0 Å². The Morgan fingerprint density at radius 1 is 1.29 bits per heavy atom. The van der Waals surface area contributed by atoms with Crippen LogP contribution in [0.5, 0.6) is 0 Å². The molecule has 10 heteroatoms. The van der Waals surface area contributed by atoms with Crippen LogP contribution >= 0.6 is 0 Å². The number of nitrogens with zero attached hydrogens (tertiary/aromatic N) is 2. The van der Waals surface area contributed by atoms with E-state index in [0.29, 0.717) is 17.3 Å². The first-order valence-corrected chi connectivity index (χ1v) is 12.1. The number of carbonyl (C=O) groups excluding carboxylic acids is 2. The lowest BCUT2D eigenvalue weighted by atomic mass is 9.99. The van der Waals surface area contributed by atoms with E-state index in [1.807, 2.05) is 4.90 Å². The van der Waals surface area contributed by atoms with Crippen molar-refractivity contribution in [3.05, 3.63) is 29.5 Å². The summed E-state index contributed by atoms with van der Waals surface area (Å²) in [4.78, 5) is 28.6. The molecular formula is C21H29N3O6S. The van der Waals surface area contributed by atoms with Gasteiger partial charge in [-0.15, -0.1) is 0 Å². The van der Waals surface area contributed by atoms with Gasteiger partial charge in [-0.2, -0.15) is 0 Å². The highest BCUT2D eigenvalue weighted by molar-refractivity contribution is 7.90. The van der Waals surface area contributed by atoms with Gasteiger partial charge in [0.25, 0.3) is 5.91 Å². The van der Waals surface area contributed by atoms with Crippen molar-refractivity contribution in [3.63, 3.8) is 0 Å². The minimum atomic E-state index is -3.45. The standard InChI is InChI=1S/C21H29N3O6S/c1-14-6-8-23(9-7-14)17-12-15(4-5-18(17)31(3,28)29)22-19-16(21(27)30-2)13-24(10-11-25)20(19)26/h4-5,12,14,22,25H,6-11,13H2,1-3H3. The number of methoxy groups -OCH3 is 1. The third kappa shape index (κ3) is 5.01. The van der Waals surface area contributed by atoms with Gasteiger partial charge in [-0.3, -0.25) is 4.79 Å². The van der Waals surface area contributed by atoms with Gasteiger partial charge in [0, 0.05) is 31.6 Å². The number of rotatable bonds is 7. The lowest BCUT2D eigenvalue weighted by Gasteiger charge is -2.33. The molecule has 31 heavy (non-hydrogen) atoms. The SMILES string of the molecule is COC(=O)C1=C(Nc2ccc(S(C)(=O)=O)c(N3CCC(C)CC3)c2)C(=O)N(CCO)C1. The number of amides is 1. The van der Waals surface area contributed by atoms with Gasteiger partial charge in [-0.1, -0.05) is 6.92 Å². The Labute approximate surface area is 182 Å². The van der Waals surface area contributed by atoms with E-state index in [1.54, 1.807) is 12.1 Å². The summed E-state index contributed by atoms with van der Waals surface area (Å²) in [5.74, 6) is -0.468. The van der Waals surface area contributed by atoms with E-state index in [4.69, 9.17) is 4.74 Å². The molecule has 9 nitrogen and oxygen atoms in total. The van der Waals surface area contributed by atoms with Crippen molar-refractivity contribution in [3.8, 4) is 0 Å². The number of aliphatic hydroxyl groups is 1. The predicted molar refractivity (Wildman–Crippen MR) is 116 cm³/mol. The van der Waals surface area contributed by atoms with Crippen molar-refractivity contribution in [2.45, 2.75) is 24.7 Å². The van der Waals surface area contributed by atoms with Crippen molar-refractivity contribution in [1.82, 2.24) is 4.90 Å². The normalized spacial score (nSPS) is 18.0. The maximum absolute atomic E-state index is 12.8. The summed E-state index contributed by atoms with van der Waals surface area (Å²) in [5.41, 5.74) is 1.32. The number of nitrogens with one attached hydrogen (secondary N) is 1. The highest BCUT2D eigenvalue weighted by Crippen LogP contribution is 2.33. The molecule has 0 radical (unpaired) electrons. The number of carbonyl (C=O) groups is 2. The maximum atomic E-state index is 12.8. The molecule has 0 aliphatic carbocycles. The zero-order valence-corrected chi connectivity index (χ0v) is 18.9. The van der Waals surface area contributed by atoms with Crippen molar-refractivity contribution in [1.29, 1.82) is 0 Å². The number of anilines is 2. The number of sulfone groups is 1. The summed E-state index contributed by atoms with van der Waals surface area (Å²) in [6.07, 6.45) is 3.11. The lowest BCUT2D eigenvalue weighted by molar-refractivity contribution is -0.136. The lowest BCUT2D eigenvalue weighted by Crippen LogP contribution is -2.33. The minimum absolute atomic E-state index is 0.0344. The highest BCUT2D eigenvalue weighted by atomic mass is 32.2. The first-order chi connectivity index (χ1) is 14.7. The number of benzene rings is 1. The van der Waals surface area contributed by atoms with Crippen LogP contribution in [-0.4, -0.2) is 76.5 Å². The molecule has 1 amide bonds. The Morgan fingerprint density at radius 2 is 1.97 bits per heavy atom. The van der Waals surface area contributed by atoms with Gasteiger partial charge in [0.2, 0.25) is 0 Å². The smallest absolute Gasteiger partial charge is 0.337 e. The fourth-order valence-electron chi connectivity index (χ4n) is 3.90. The number of esters is 1. The third-order valence-electron chi connectivity index (χ3n) is 5.71. The Morgan fingerprint density at radius 3 is 2.55 bits per heavy atom. The molecule has 2 aliphatic heterocycles. The van der Waals surface area contributed by atoms with Crippen LogP contribution in [0.25, 0.3) is 0 Å². The fourth-order valence-corrected chi connectivity index (χ4v) is 4.78. The zero-order valence-electron chi connectivity index (χ0n) is 18.1. The van der Waals surface area contributed by atoms with E-state index in [2.05, 4.69) is 12.2 Å². The quantitative estimate of drug-likeness (QED) is 0.590. The molecule has 2 heterocycles. The van der Waals surface area contributed by atoms with Crippen LogP contribution in [0.2, 0.25) is 0 Å². The van der Waals surface area contributed by atoms with Crippen LogP contribution in [0, 0.1) is 5.92 Å². The number of hydrogen-bond donors (Lipinski definition) is 2. The first-order valence-electron chi connectivity index (χ1n) is 10.2. The summed E-state index contributed by atoms with van der Waals surface area (Å²) in [5, 5.41) is 12.2. The Hall–Kier alpha value is -2.59. The average Bonchev–Trinajstić information content (AvgIpc) is 3.03. The first kappa shape index (κ1) is 23.1. The second-order valence-corrected chi connectivity index (χ2v) is 10.0. The van der Waals surface area contributed by atoms with Crippen LogP contribution in [0.1, 0.15) is 19.8 Å².